The Morgan fingerprint density at radius 2 is 0.957 bits per heavy atom. The number of hydrogen-bond donors (Lipinski definition) is 0. The van der Waals surface area contributed by atoms with Gasteiger partial charge in [0.1, 0.15) is 6.10 Å². The van der Waals surface area contributed by atoms with E-state index in [-0.39, 0.29) is 7.43 Å². The molecule has 1 atom stereocenters. The molecule has 1 unspecified atom stereocenters. The highest BCUT2D eigenvalue weighted by Gasteiger charge is 2.20. The van der Waals surface area contributed by atoms with Crippen molar-refractivity contribution in [1.29, 1.82) is 0 Å². The smallest absolute Gasteiger partial charge is 0.104 e. The molecular formula is C38H78O9. The Bertz CT molecular complexity index is 608. The van der Waals surface area contributed by atoms with Crippen molar-refractivity contribution in [3.63, 3.8) is 0 Å². The first-order chi connectivity index (χ1) is 21.9. The Morgan fingerprint density at radius 3 is 1.23 bits per heavy atom. The molecule has 47 heavy (non-hydrogen) atoms. The zero-order chi connectivity index (χ0) is 34.2. The van der Waals surface area contributed by atoms with Crippen molar-refractivity contribution in [3.8, 4) is 0 Å². The molecule has 4 heterocycles. The molecule has 284 valence electrons. The molecule has 0 amide bonds. The lowest BCUT2D eigenvalue weighted by molar-refractivity contribution is -0.146. The van der Waals surface area contributed by atoms with Crippen molar-refractivity contribution in [1.82, 2.24) is 0 Å². The van der Waals surface area contributed by atoms with Crippen LogP contribution in [0.5, 0.6) is 0 Å². The second kappa shape index (κ2) is 29.4. The average Bonchev–Trinajstić information content (AvgIpc) is 2.84. The molecule has 0 spiro atoms. The lowest BCUT2D eigenvalue weighted by atomic mass is 9.83. The molecule has 5 fully saturated rings. The molecule has 0 aromatic rings. The predicted octanol–water partition coefficient (Wildman–Crippen LogP) is 7.75. The Balaban J connectivity index is 0.000000561. The standard InChI is InChI=1S/C9H18O.C8H16O2.2C7H14O2.C6H12O2.CH4/c1-8(2)10-7-6-9-4-3-5-9;1-7(2)10-4-3-8-5-9-6-8;1-6(2)9-5-7-3-8-4-7;1-6(2)9-5-7-3-4-8-7;1-5(2)8-6-3-7-4-6;/h8-9H,3-7H2,1-2H3;7-8H,3-6H2,1-2H3;2*6-7H,3-5H2,1-2H3;5-6H,3-4H2,1-2H3;1H4. The van der Waals surface area contributed by atoms with Crippen LogP contribution in [-0.4, -0.2) is 115 Å². The van der Waals surface area contributed by atoms with Crippen molar-refractivity contribution in [3.05, 3.63) is 0 Å². The summed E-state index contributed by atoms with van der Waals surface area (Å²) in [5.41, 5.74) is 0. The second-order valence-corrected chi connectivity index (χ2v) is 14.4. The normalized spacial score (nSPS) is 20.9. The van der Waals surface area contributed by atoms with E-state index in [9.17, 15) is 0 Å². The molecule has 5 aliphatic rings. The van der Waals surface area contributed by atoms with Crippen molar-refractivity contribution < 1.29 is 42.6 Å². The highest BCUT2D eigenvalue weighted by Crippen LogP contribution is 2.29. The molecule has 4 saturated heterocycles. The van der Waals surface area contributed by atoms with E-state index >= 15 is 0 Å². The molecule has 4 aliphatic heterocycles. The number of ether oxygens (including phenoxy) is 9. The van der Waals surface area contributed by atoms with Gasteiger partial charge in [0.2, 0.25) is 0 Å². The van der Waals surface area contributed by atoms with Gasteiger partial charge in [0.25, 0.3) is 0 Å². The number of rotatable bonds is 16. The van der Waals surface area contributed by atoms with Crippen LogP contribution in [-0.2, 0) is 42.6 Å². The fourth-order valence-corrected chi connectivity index (χ4v) is 4.28. The highest BCUT2D eigenvalue weighted by atomic mass is 16.6. The van der Waals surface area contributed by atoms with Gasteiger partial charge in [-0.05, 0) is 94.4 Å². The molecule has 0 radical (unpaired) electrons. The van der Waals surface area contributed by atoms with Gasteiger partial charge in [0.05, 0.1) is 89.5 Å². The summed E-state index contributed by atoms with van der Waals surface area (Å²) in [6.45, 7) is 30.3. The van der Waals surface area contributed by atoms with Gasteiger partial charge >= 0.3 is 0 Å². The summed E-state index contributed by atoms with van der Waals surface area (Å²) in [6, 6.07) is 0. The van der Waals surface area contributed by atoms with Crippen LogP contribution in [0, 0.1) is 17.8 Å². The summed E-state index contributed by atoms with van der Waals surface area (Å²) in [4.78, 5) is 0. The summed E-state index contributed by atoms with van der Waals surface area (Å²) in [7, 11) is 0. The topological polar surface area (TPSA) is 83.1 Å². The fraction of sp³-hybridized carbons (Fsp3) is 1.00. The van der Waals surface area contributed by atoms with Crippen LogP contribution in [0.1, 0.15) is 115 Å². The van der Waals surface area contributed by atoms with Gasteiger partial charge in [-0.25, -0.2) is 0 Å². The molecule has 0 aromatic carbocycles. The SMILES string of the molecule is C.CC(C)OC1COC1.CC(C)OCC1CCO1.CC(C)OCC1COC1.CC(C)OCCC1CCC1.CC(C)OCCC1COC1. The van der Waals surface area contributed by atoms with Crippen molar-refractivity contribution in [2.24, 2.45) is 17.8 Å². The molecule has 9 nitrogen and oxygen atoms in total. The van der Waals surface area contributed by atoms with Crippen LogP contribution in [0.4, 0.5) is 0 Å². The Morgan fingerprint density at radius 1 is 0.511 bits per heavy atom. The second-order valence-electron chi connectivity index (χ2n) is 14.4. The van der Waals surface area contributed by atoms with E-state index in [1.807, 2.05) is 27.7 Å². The fourth-order valence-electron chi connectivity index (χ4n) is 4.28. The van der Waals surface area contributed by atoms with E-state index in [1.54, 1.807) is 0 Å². The first-order valence-electron chi connectivity index (χ1n) is 18.4. The third-order valence-corrected chi connectivity index (χ3v) is 7.74. The molecule has 5 rings (SSSR count). The third kappa shape index (κ3) is 28.1. The van der Waals surface area contributed by atoms with Crippen LogP contribution in [0.2, 0.25) is 0 Å². The average molecular weight is 679 g/mol. The summed E-state index contributed by atoms with van der Waals surface area (Å²) in [5.74, 6) is 2.45. The first-order valence-corrected chi connectivity index (χ1v) is 18.4. The van der Waals surface area contributed by atoms with Gasteiger partial charge in [0.15, 0.2) is 0 Å². The summed E-state index contributed by atoms with van der Waals surface area (Å²) >= 11 is 0. The van der Waals surface area contributed by atoms with Crippen molar-refractivity contribution in [2.75, 3.05) is 72.7 Å². The van der Waals surface area contributed by atoms with Gasteiger partial charge in [-0.3, -0.25) is 0 Å². The quantitative estimate of drug-likeness (QED) is 0.163. The number of hydrogen-bond acceptors (Lipinski definition) is 9. The van der Waals surface area contributed by atoms with E-state index in [4.69, 9.17) is 42.6 Å². The maximum Gasteiger partial charge on any atom is 0.104 e. The van der Waals surface area contributed by atoms with E-state index in [1.165, 1.54) is 32.1 Å². The lowest BCUT2D eigenvalue weighted by Gasteiger charge is -2.27. The van der Waals surface area contributed by atoms with Gasteiger partial charge < -0.3 is 42.6 Å². The van der Waals surface area contributed by atoms with E-state index < -0.39 is 0 Å². The van der Waals surface area contributed by atoms with E-state index in [0.717, 1.165) is 90.9 Å². The van der Waals surface area contributed by atoms with Crippen LogP contribution in [0.15, 0.2) is 0 Å². The minimum absolute atomic E-state index is 0. The molecule has 0 bridgehead atoms. The monoisotopic (exact) mass is 679 g/mol. The Labute approximate surface area is 290 Å². The lowest BCUT2D eigenvalue weighted by Crippen LogP contribution is -2.37. The van der Waals surface area contributed by atoms with Crippen LogP contribution < -0.4 is 0 Å². The molecule has 0 N–H and O–H groups in total. The molecular weight excluding hydrogens is 600 g/mol. The largest absolute Gasteiger partial charge is 0.381 e. The minimum Gasteiger partial charge on any atom is -0.381 e. The maximum absolute atomic E-state index is 5.45. The zero-order valence-corrected chi connectivity index (χ0v) is 31.5. The van der Waals surface area contributed by atoms with Crippen molar-refractivity contribution in [2.45, 2.75) is 158 Å². The highest BCUT2D eigenvalue weighted by molar-refractivity contribution is 4.69. The van der Waals surface area contributed by atoms with E-state index in [2.05, 4.69) is 41.5 Å². The first kappa shape index (κ1) is 46.6. The third-order valence-electron chi connectivity index (χ3n) is 7.74. The molecule has 9 heteroatoms. The minimum atomic E-state index is 0. The van der Waals surface area contributed by atoms with Gasteiger partial charge in [-0.15, -0.1) is 0 Å². The maximum atomic E-state index is 5.45. The molecule has 1 aliphatic carbocycles. The molecule has 0 aromatic heterocycles. The van der Waals surface area contributed by atoms with Crippen LogP contribution >= 0.6 is 0 Å². The van der Waals surface area contributed by atoms with Gasteiger partial charge in [0, 0.05) is 31.7 Å². The Kier molecular flexibility index (Phi) is 29.2. The Hall–Kier alpha value is -0.360. The van der Waals surface area contributed by atoms with Crippen LogP contribution in [0.3, 0.4) is 0 Å². The van der Waals surface area contributed by atoms with Crippen LogP contribution in [0.25, 0.3) is 0 Å². The summed E-state index contributed by atoms with van der Waals surface area (Å²) < 4.78 is 47.0. The van der Waals surface area contributed by atoms with Crippen molar-refractivity contribution >= 4 is 0 Å². The van der Waals surface area contributed by atoms with Gasteiger partial charge in [-0.2, -0.15) is 0 Å². The predicted molar refractivity (Wildman–Crippen MR) is 191 cm³/mol. The zero-order valence-electron chi connectivity index (χ0n) is 31.5. The molecule has 1 saturated carbocycles. The summed E-state index contributed by atoms with van der Waals surface area (Å²) in [6.07, 6.45) is 10.6. The summed E-state index contributed by atoms with van der Waals surface area (Å²) in [5, 5.41) is 0. The van der Waals surface area contributed by atoms with E-state index in [0.29, 0.717) is 48.6 Å². The van der Waals surface area contributed by atoms with Gasteiger partial charge in [-0.1, -0.05) is 26.7 Å².